The molecule has 100 valence electrons. The lowest BCUT2D eigenvalue weighted by Gasteiger charge is -2.24. The third-order valence-electron chi connectivity index (χ3n) is 2.90. The van der Waals surface area contributed by atoms with Gasteiger partial charge in [-0.15, -0.1) is 0 Å². The summed E-state index contributed by atoms with van der Waals surface area (Å²) in [6, 6.07) is 13.9. The first-order chi connectivity index (χ1) is 9.33. The van der Waals surface area contributed by atoms with Crippen LogP contribution in [0.1, 0.15) is 5.69 Å². The summed E-state index contributed by atoms with van der Waals surface area (Å²) in [5.74, 6) is 0.848. The number of ether oxygens (including phenoxy) is 1. The Morgan fingerprint density at radius 2 is 2.11 bits per heavy atom. The van der Waals surface area contributed by atoms with Crippen LogP contribution in [0.15, 0.2) is 48.7 Å². The molecular formula is C15H19N3O. The van der Waals surface area contributed by atoms with E-state index in [1.165, 1.54) is 0 Å². The van der Waals surface area contributed by atoms with E-state index in [1.54, 1.807) is 7.11 Å². The maximum atomic E-state index is 5.70. The number of pyridine rings is 1. The molecule has 4 heteroatoms. The predicted molar refractivity (Wildman–Crippen MR) is 77.3 cm³/mol. The van der Waals surface area contributed by atoms with Crippen molar-refractivity contribution < 1.29 is 4.74 Å². The summed E-state index contributed by atoms with van der Waals surface area (Å²) in [5.41, 5.74) is 7.82. The van der Waals surface area contributed by atoms with Gasteiger partial charge in [-0.05, 0) is 24.3 Å². The van der Waals surface area contributed by atoms with E-state index in [0.29, 0.717) is 6.54 Å². The lowest BCUT2D eigenvalue weighted by Crippen LogP contribution is -2.29. The van der Waals surface area contributed by atoms with Crippen molar-refractivity contribution in [3.63, 3.8) is 0 Å². The lowest BCUT2D eigenvalue weighted by atomic mass is 10.2. The Morgan fingerprint density at radius 3 is 2.79 bits per heavy atom. The van der Waals surface area contributed by atoms with Crippen molar-refractivity contribution in [2.45, 2.75) is 6.54 Å². The van der Waals surface area contributed by atoms with Crippen LogP contribution in [-0.2, 0) is 6.54 Å². The predicted octanol–water partition coefficient (Wildman–Crippen LogP) is 2.06. The number of benzene rings is 1. The molecule has 1 heterocycles. The molecule has 0 atom stereocenters. The molecule has 19 heavy (non-hydrogen) atoms. The Bertz CT molecular complexity index is 502. The summed E-state index contributed by atoms with van der Waals surface area (Å²) in [6.45, 7) is 2.12. The monoisotopic (exact) mass is 257 g/mol. The van der Waals surface area contributed by atoms with Crippen molar-refractivity contribution in [2.24, 2.45) is 5.73 Å². The van der Waals surface area contributed by atoms with Crippen molar-refractivity contribution in [1.29, 1.82) is 0 Å². The second-order valence-electron chi connectivity index (χ2n) is 4.23. The Kier molecular flexibility index (Phi) is 4.75. The highest BCUT2D eigenvalue weighted by molar-refractivity contribution is 5.51. The van der Waals surface area contributed by atoms with Crippen LogP contribution in [0.5, 0.6) is 5.75 Å². The van der Waals surface area contributed by atoms with E-state index in [-0.39, 0.29) is 0 Å². The number of hydrogen-bond acceptors (Lipinski definition) is 4. The van der Waals surface area contributed by atoms with Crippen LogP contribution in [0.4, 0.5) is 5.69 Å². The zero-order chi connectivity index (χ0) is 13.5. The van der Waals surface area contributed by atoms with E-state index >= 15 is 0 Å². The van der Waals surface area contributed by atoms with E-state index < -0.39 is 0 Å². The summed E-state index contributed by atoms with van der Waals surface area (Å²) in [7, 11) is 1.67. The largest absolute Gasteiger partial charge is 0.497 e. The van der Waals surface area contributed by atoms with Gasteiger partial charge in [0.1, 0.15) is 5.75 Å². The van der Waals surface area contributed by atoms with E-state index in [0.717, 1.165) is 30.2 Å². The molecule has 1 aromatic heterocycles. The maximum absolute atomic E-state index is 5.70. The maximum Gasteiger partial charge on any atom is 0.120 e. The fourth-order valence-corrected chi connectivity index (χ4v) is 1.95. The van der Waals surface area contributed by atoms with Gasteiger partial charge in [-0.1, -0.05) is 12.1 Å². The second kappa shape index (κ2) is 6.75. The van der Waals surface area contributed by atoms with Crippen molar-refractivity contribution >= 4 is 5.69 Å². The van der Waals surface area contributed by atoms with E-state index in [1.807, 2.05) is 42.6 Å². The zero-order valence-electron chi connectivity index (χ0n) is 11.1. The van der Waals surface area contributed by atoms with Gasteiger partial charge < -0.3 is 15.4 Å². The van der Waals surface area contributed by atoms with Gasteiger partial charge >= 0.3 is 0 Å². The third-order valence-corrected chi connectivity index (χ3v) is 2.90. The molecule has 2 N–H and O–H groups in total. The number of rotatable bonds is 6. The van der Waals surface area contributed by atoms with Crippen LogP contribution in [-0.4, -0.2) is 25.2 Å². The average Bonchev–Trinajstić information content (AvgIpc) is 2.48. The first kappa shape index (κ1) is 13.4. The molecule has 0 aliphatic heterocycles. The number of aromatic nitrogens is 1. The molecule has 4 nitrogen and oxygen atoms in total. The number of methoxy groups -OCH3 is 1. The second-order valence-corrected chi connectivity index (χ2v) is 4.23. The van der Waals surface area contributed by atoms with Crippen LogP contribution in [0.2, 0.25) is 0 Å². The van der Waals surface area contributed by atoms with Gasteiger partial charge in [0.15, 0.2) is 0 Å². The Hall–Kier alpha value is -2.07. The van der Waals surface area contributed by atoms with Crippen molar-refractivity contribution in [3.8, 4) is 5.75 Å². The number of anilines is 1. The smallest absolute Gasteiger partial charge is 0.120 e. The van der Waals surface area contributed by atoms with Crippen LogP contribution < -0.4 is 15.4 Å². The Labute approximate surface area is 113 Å². The van der Waals surface area contributed by atoms with Gasteiger partial charge in [0.2, 0.25) is 0 Å². The molecule has 0 amide bonds. The average molecular weight is 257 g/mol. The summed E-state index contributed by atoms with van der Waals surface area (Å²) in [4.78, 5) is 6.55. The number of nitrogens with zero attached hydrogens (tertiary/aromatic N) is 2. The molecule has 0 aliphatic rings. The molecule has 0 bridgehead atoms. The van der Waals surface area contributed by atoms with Gasteiger partial charge in [0.25, 0.3) is 0 Å². The van der Waals surface area contributed by atoms with Gasteiger partial charge in [0, 0.05) is 31.0 Å². The van der Waals surface area contributed by atoms with E-state index in [2.05, 4.69) is 16.0 Å². The fraction of sp³-hybridized carbons (Fsp3) is 0.267. The highest BCUT2D eigenvalue weighted by atomic mass is 16.5. The fourth-order valence-electron chi connectivity index (χ4n) is 1.95. The van der Waals surface area contributed by atoms with Crippen LogP contribution in [0.25, 0.3) is 0 Å². The number of nitrogens with two attached hydrogens (primary N) is 1. The van der Waals surface area contributed by atoms with E-state index in [9.17, 15) is 0 Å². The summed E-state index contributed by atoms with van der Waals surface area (Å²) in [6.07, 6.45) is 1.81. The lowest BCUT2D eigenvalue weighted by molar-refractivity contribution is 0.414. The minimum absolute atomic E-state index is 0.601. The Morgan fingerprint density at radius 1 is 1.21 bits per heavy atom. The molecule has 1 aromatic carbocycles. The molecule has 0 unspecified atom stereocenters. The molecule has 2 aromatic rings. The third kappa shape index (κ3) is 3.69. The van der Waals surface area contributed by atoms with E-state index in [4.69, 9.17) is 10.5 Å². The SMILES string of the molecule is COc1cccc(N(CCN)Cc2ccccn2)c1. The summed E-state index contributed by atoms with van der Waals surface area (Å²) in [5, 5.41) is 0. The molecule has 0 fully saturated rings. The molecule has 0 saturated carbocycles. The topological polar surface area (TPSA) is 51.4 Å². The summed E-state index contributed by atoms with van der Waals surface area (Å²) >= 11 is 0. The first-order valence-corrected chi connectivity index (χ1v) is 6.32. The Balaban J connectivity index is 2.19. The zero-order valence-corrected chi connectivity index (χ0v) is 11.1. The highest BCUT2D eigenvalue weighted by Gasteiger charge is 2.08. The van der Waals surface area contributed by atoms with Gasteiger partial charge in [-0.2, -0.15) is 0 Å². The molecule has 0 spiro atoms. The molecule has 2 rings (SSSR count). The number of hydrogen-bond donors (Lipinski definition) is 1. The van der Waals surface area contributed by atoms with Crippen LogP contribution in [0, 0.1) is 0 Å². The molecule has 0 aliphatic carbocycles. The van der Waals surface area contributed by atoms with Gasteiger partial charge in [-0.25, -0.2) is 0 Å². The summed E-state index contributed by atoms with van der Waals surface area (Å²) < 4.78 is 5.26. The standard InChI is InChI=1S/C15H19N3O/c1-19-15-7-4-6-14(11-15)18(10-8-16)12-13-5-2-3-9-17-13/h2-7,9,11H,8,10,12,16H2,1H3. The minimum atomic E-state index is 0.601. The van der Waals surface area contributed by atoms with Gasteiger partial charge in [-0.3, -0.25) is 4.98 Å². The molecular weight excluding hydrogens is 238 g/mol. The van der Waals surface area contributed by atoms with Crippen LogP contribution in [0.3, 0.4) is 0 Å². The molecule has 0 radical (unpaired) electrons. The van der Waals surface area contributed by atoms with Crippen LogP contribution >= 0.6 is 0 Å². The normalized spacial score (nSPS) is 10.2. The van der Waals surface area contributed by atoms with Crippen molar-refractivity contribution in [2.75, 3.05) is 25.1 Å². The quantitative estimate of drug-likeness (QED) is 0.860. The highest BCUT2D eigenvalue weighted by Crippen LogP contribution is 2.21. The van der Waals surface area contributed by atoms with Crippen molar-refractivity contribution in [1.82, 2.24) is 4.98 Å². The minimum Gasteiger partial charge on any atom is -0.497 e. The van der Waals surface area contributed by atoms with Crippen molar-refractivity contribution in [3.05, 3.63) is 54.4 Å². The molecule has 0 saturated heterocycles. The first-order valence-electron chi connectivity index (χ1n) is 6.32. The van der Waals surface area contributed by atoms with Gasteiger partial charge in [0.05, 0.1) is 19.3 Å².